The first-order valence-corrected chi connectivity index (χ1v) is 12.4. The molecule has 0 radical (unpaired) electrons. The van der Waals surface area contributed by atoms with Crippen molar-refractivity contribution in [3.05, 3.63) is 88.6 Å². The Labute approximate surface area is 223 Å². The highest BCUT2D eigenvalue weighted by atomic mass is 19.1. The van der Waals surface area contributed by atoms with E-state index in [0.29, 0.717) is 6.42 Å². The number of hydrogen-bond acceptors (Lipinski definition) is 6. The van der Waals surface area contributed by atoms with E-state index >= 15 is 0 Å². The third-order valence-electron chi connectivity index (χ3n) is 6.43. The van der Waals surface area contributed by atoms with Crippen LogP contribution in [-0.2, 0) is 11.2 Å². The van der Waals surface area contributed by atoms with Gasteiger partial charge < -0.3 is 4.98 Å². The summed E-state index contributed by atoms with van der Waals surface area (Å²) in [5.74, 6) is -1.73. The van der Waals surface area contributed by atoms with Gasteiger partial charge in [0.25, 0.3) is 11.8 Å². The molecular weight excluding hydrogens is 501 g/mol. The number of carbonyl (C=O) groups excluding carboxylic acids is 3. The van der Waals surface area contributed by atoms with E-state index in [-0.39, 0.29) is 35.4 Å². The van der Waals surface area contributed by atoms with Crippen molar-refractivity contribution < 1.29 is 18.8 Å². The molecule has 3 heterocycles. The molecule has 2 aromatic heterocycles. The SMILES string of the molecule is Cc1cc(C)nc(NC(=NCCc2c[nH]c3ccc(F)cc23)NC(=O)[C@@H](C)N2C(=O)c3ccccc3C2=O)n1. The van der Waals surface area contributed by atoms with Crippen LogP contribution in [0.1, 0.15) is 44.6 Å². The number of nitrogens with one attached hydrogen (secondary N) is 3. The van der Waals surface area contributed by atoms with E-state index in [0.717, 1.165) is 32.8 Å². The van der Waals surface area contributed by atoms with E-state index in [1.807, 2.05) is 13.8 Å². The average molecular weight is 528 g/mol. The highest BCUT2D eigenvalue weighted by molar-refractivity contribution is 6.23. The fraction of sp³-hybridized carbons (Fsp3) is 0.214. The predicted molar refractivity (Wildman–Crippen MR) is 144 cm³/mol. The zero-order valence-corrected chi connectivity index (χ0v) is 21.6. The number of guanidine groups is 1. The number of aromatic nitrogens is 3. The summed E-state index contributed by atoms with van der Waals surface area (Å²) in [5, 5.41) is 6.37. The quantitative estimate of drug-likeness (QED) is 0.200. The van der Waals surface area contributed by atoms with Crippen LogP contribution in [-0.4, -0.2) is 56.1 Å². The van der Waals surface area contributed by atoms with Gasteiger partial charge in [0.05, 0.1) is 11.1 Å². The van der Waals surface area contributed by atoms with E-state index in [2.05, 4.69) is 30.6 Å². The number of aromatic amines is 1. The van der Waals surface area contributed by atoms with Crippen molar-refractivity contribution in [3.63, 3.8) is 0 Å². The fourth-order valence-corrected chi connectivity index (χ4v) is 4.54. The molecule has 2 aromatic carbocycles. The molecule has 4 aromatic rings. The monoisotopic (exact) mass is 527 g/mol. The van der Waals surface area contributed by atoms with Crippen LogP contribution in [0.4, 0.5) is 10.3 Å². The summed E-state index contributed by atoms with van der Waals surface area (Å²) in [6, 6.07) is 11.7. The molecule has 198 valence electrons. The predicted octanol–water partition coefficient (Wildman–Crippen LogP) is 3.53. The molecule has 11 heteroatoms. The normalized spacial score (nSPS) is 14.1. The van der Waals surface area contributed by atoms with Gasteiger partial charge in [-0.1, -0.05) is 12.1 Å². The third-order valence-corrected chi connectivity index (χ3v) is 6.43. The second-order valence-electron chi connectivity index (χ2n) is 9.27. The average Bonchev–Trinajstić information content (AvgIpc) is 3.40. The van der Waals surface area contributed by atoms with E-state index in [9.17, 15) is 18.8 Å². The number of hydrogen-bond donors (Lipinski definition) is 3. The lowest BCUT2D eigenvalue weighted by atomic mass is 10.1. The topological polar surface area (TPSA) is 132 Å². The zero-order chi connectivity index (χ0) is 27.7. The zero-order valence-electron chi connectivity index (χ0n) is 21.6. The van der Waals surface area contributed by atoms with Gasteiger partial charge in [0.1, 0.15) is 11.9 Å². The molecule has 5 rings (SSSR count). The molecule has 0 fully saturated rings. The number of imide groups is 1. The van der Waals surface area contributed by atoms with Gasteiger partial charge >= 0.3 is 0 Å². The summed E-state index contributed by atoms with van der Waals surface area (Å²) in [5.41, 5.74) is 3.62. The Morgan fingerprint density at radius 1 is 1.05 bits per heavy atom. The van der Waals surface area contributed by atoms with Gasteiger partial charge in [0.2, 0.25) is 17.8 Å². The second kappa shape index (κ2) is 10.4. The van der Waals surface area contributed by atoms with Crippen LogP contribution in [0.2, 0.25) is 0 Å². The number of rotatable bonds is 6. The Kier molecular flexibility index (Phi) is 6.88. The van der Waals surface area contributed by atoms with Gasteiger partial charge in [-0.3, -0.25) is 34.9 Å². The Hall–Kier alpha value is -4.93. The van der Waals surface area contributed by atoms with Gasteiger partial charge in [0, 0.05) is 35.0 Å². The van der Waals surface area contributed by atoms with E-state index in [1.165, 1.54) is 19.1 Å². The number of fused-ring (bicyclic) bond motifs is 2. The second-order valence-corrected chi connectivity index (χ2v) is 9.27. The molecule has 0 spiro atoms. The highest BCUT2D eigenvalue weighted by Gasteiger charge is 2.40. The number of carbonyl (C=O) groups is 3. The van der Waals surface area contributed by atoms with E-state index in [1.54, 1.807) is 42.6 Å². The number of halogens is 1. The lowest BCUT2D eigenvalue weighted by Crippen LogP contribution is -2.50. The summed E-state index contributed by atoms with van der Waals surface area (Å²) in [6.07, 6.45) is 2.24. The Balaban J connectivity index is 1.36. The van der Waals surface area contributed by atoms with Gasteiger partial charge in [-0.2, -0.15) is 0 Å². The van der Waals surface area contributed by atoms with Crippen molar-refractivity contribution in [1.82, 2.24) is 25.2 Å². The van der Waals surface area contributed by atoms with Gasteiger partial charge in [-0.15, -0.1) is 0 Å². The van der Waals surface area contributed by atoms with Crippen LogP contribution in [0.15, 0.2) is 59.7 Å². The minimum Gasteiger partial charge on any atom is -0.361 e. The van der Waals surface area contributed by atoms with Crippen molar-refractivity contribution in [1.29, 1.82) is 0 Å². The van der Waals surface area contributed by atoms with Gasteiger partial charge in [-0.25, -0.2) is 14.4 Å². The number of anilines is 1. The molecule has 39 heavy (non-hydrogen) atoms. The third kappa shape index (κ3) is 5.24. The lowest BCUT2D eigenvalue weighted by molar-refractivity contribution is -0.123. The van der Waals surface area contributed by atoms with Crippen LogP contribution in [0.3, 0.4) is 0 Å². The van der Waals surface area contributed by atoms with E-state index in [4.69, 9.17) is 0 Å². The van der Waals surface area contributed by atoms with Gasteiger partial charge in [-0.05, 0) is 69.2 Å². The van der Waals surface area contributed by atoms with Gasteiger partial charge in [0.15, 0.2) is 0 Å². The molecule has 1 aliphatic rings. The molecule has 10 nitrogen and oxygen atoms in total. The Bertz CT molecular complexity index is 1590. The van der Waals surface area contributed by atoms with Crippen LogP contribution < -0.4 is 10.6 Å². The highest BCUT2D eigenvalue weighted by Crippen LogP contribution is 2.24. The Morgan fingerprint density at radius 2 is 1.72 bits per heavy atom. The molecular formula is C28H26FN7O3. The molecule has 0 saturated heterocycles. The van der Waals surface area contributed by atoms with Crippen LogP contribution in [0, 0.1) is 19.7 Å². The summed E-state index contributed by atoms with van der Waals surface area (Å²) >= 11 is 0. The maximum Gasteiger partial charge on any atom is 0.262 e. The molecule has 3 amide bonds. The van der Waals surface area contributed by atoms with Crippen molar-refractivity contribution in [2.75, 3.05) is 11.9 Å². The Morgan fingerprint density at radius 3 is 2.38 bits per heavy atom. The smallest absolute Gasteiger partial charge is 0.262 e. The molecule has 1 atom stereocenters. The molecule has 0 saturated carbocycles. The fourth-order valence-electron chi connectivity index (χ4n) is 4.54. The summed E-state index contributed by atoms with van der Waals surface area (Å²) in [6.45, 7) is 5.34. The maximum absolute atomic E-state index is 13.8. The van der Waals surface area contributed by atoms with Crippen LogP contribution in [0.5, 0.6) is 0 Å². The number of benzene rings is 2. The van der Waals surface area contributed by atoms with Crippen molar-refractivity contribution >= 4 is 40.5 Å². The first kappa shape index (κ1) is 25.7. The van der Waals surface area contributed by atoms with Crippen molar-refractivity contribution in [2.45, 2.75) is 33.2 Å². The standard InChI is InChI=1S/C28H26FN7O3/c1-15-12-16(2)33-28(32-15)35-27(30-11-10-18-14-31-23-9-8-19(29)13-22(18)23)34-24(37)17(3)36-25(38)20-6-4-5-7-21(20)26(36)39/h4-9,12-14,17,31H,10-11H2,1-3H3,(H2,30,32,33,34,35,37)/t17-/m1/s1. The van der Waals surface area contributed by atoms with Crippen LogP contribution in [0.25, 0.3) is 10.9 Å². The molecule has 0 aliphatic carbocycles. The van der Waals surface area contributed by atoms with Crippen molar-refractivity contribution in [2.24, 2.45) is 4.99 Å². The summed E-state index contributed by atoms with van der Waals surface area (Å²) in [7, 11) is 0. The van der Waals surface area contributed by atoms with E-state index < -0.39 is 23.8 Å². The number of aliphatic imine (C=N–C) groups is 1. The lowest BCUT2D eigenvalue weighted by Gasteiger charge is -2.22. The van der Waals surface area contributed by atoms with Crippen molar-refractivity contribution in [3.8, 4) is 0 Å². The number of aryl methyl sites for hydroxylation is 2. The maximum atomic E-state index is 13.8. The molecule has 0 bridgehead atoms. The summed E-state index contributed by atoms with van der Waals surface area (Å²) in [4.78, 5) is 56.2. The largest absolute Gasteiger partial charge is 0.361 e. The minimum absolute atomic E-state index is 0.0551. The number of nitrogens with zero attached hydrogens (tertiary/aromatic N) is 4. The first-order valence-electron chi connectivity index (χ1n) is 12.4. The first-order chi connectivity index (χ1) is 18.7. The number of H-pyrrole nitrogens is 1. The number of amides is 3. The minimum atomic E-state index is -1.11. The summed E-state index contributed by atoms with van der Waals surface area (Å²) < 4.78 is 13.8. The molecule has 1 aliphatic heterocycles. The van der Waals surface area contributed by atoms with Crippen LogP contribution >= 0.6 is 0 Å². The molecule has 0 unspecified atom stereocenters. The molecule has 3 N–H and O–H groups in total.